The summed E-state index contributed by atoms with van der Waals surface area (Å²) in [5, 5.41) is 16.6. The number of fused-ring (bicyclic) bond motifs is 4. The van der Waals surface area contributed by atoms with Gasteiger partial charge in [-0.1, -0.05) is 17.7 Å². The molecule has 4 aromatic rings. The molecule has 0 radical (unpaired) electrons. The molecule has 0 spiro atoms. The molecule has 2 aromatic carbocycles. The maximum absolute atomic E-state index is 12.9. The fourth-order valence-electron chi connectivity index (χ4n) is 4.57. The van der Waals surface area contributed by atoms with Gasteiger partial charge in [-0.05, 0) is 54.8 Å². The molecule has 1 aliphatic carbocycles. The van der Waals surface area contributed by atoms with Crippen LogP contribution < -0.4 is 20.5 Å². The predicted molar refractivity (Wildman–Crippen MR) is 133 cm³/mol. The molecule has 2 amide bonds. The number of halogens is 1. The van der Waals surface area contributed by atoms with Crippen molar-refractivity contribution in [1.29, 1.82) is 5.26 Å². The Balaban J connectivity index is 1.44. The number of hydrogen-bond acceptors (Lipinski definition) is 7. The number of nitriles is 1. The van der Waals surface area contributed by atoms with Crippen LogP contribution in [0.15, 0.2) is 48.5 Å². The molecule has 0 unspecified atom stereocenters. The van der Waals surface area contributed by atoms with Crippen LogP contribution in [0.1, 0.15) is 37.8 Å². The summed E-state index contributed by atoms with van der Waals surface area (Å²) >= 11 is 6.15. The standard InChI is InChI=1S/C26H17ClN6O4/c27-19-7-4-15(11-28)30-23(19)26(35)31-14-3-1-13-2-6-17-22(25(29)34)32-33(24(17)18(13)9-14)16-5-8-20-21(10-16)37-12-36-20/h1,3-5,7-10H,2,6,12H2,(H2,29,34)(H,31,35). The van der Waals surface area contributed by atoms with Crippen molar-refractivity contribution in [2.75, 3.05) is 12.1 Å². The van der Waals surface area contributed by atoms with Gasteiger partial charge in [-0.15, -0.1) is 0 Å². The van der Waals surface area contributed by atoms with E-state index in [0.717, 1.165) is 16.7 Å². The monoisotopic (exact) mass is 512 g/mol. The van der Waals surface area contributed by atoms with Crippen LogP contribution in [0.5, 0.6) is 11.5 Å². The minimum atomic E-state index is -0.623. The van der Waals surface area contributed by atoms with E-state index in [-0.39, 0.29) is 28.9 Å². The lowest BCUT2D eigenvalue weighted by Gasteiger charge is -2.20. The summed E-state index contributed by atoms with van der Waals surface area (Å²) in [4.78, 5) is 29.2. The van der Waals surface area contributed by atoms with Gasteiger partial charge in [0.05, 0.1) is 16.4 Å². The topological polar surface area (TPSA) is 145 Å². The number of carbonyl (C=O) groups excluding carboxylic acids is 2. The van der Waals surface area contributed by atoms with Gasteiger partial charge in [0.2, 0.25) is 6.79 Å². The zero-order valence-electron chi connectivity index (χ0n) is 19.1. The van der Waals surface area contributed by atoms with Crippen molar-refractivity contribution in [3.8, 4) is 34.5 Å². The third kappa shape index (κ3) is 3.82. The number of carbonyl (C=O) groups is 2. The largest absolute Gasteiger partial charge is 0.454 e. The molecule has 1 aliphatic heterocycles. The van der Waals surface area contributed by atoms with E-state index in [1.54, 1.807) is 22.9 Å². The summed E-state index contributed by atoms with van der Waals surface area (Å²) in [6, 6.07) is 15.7. The summed E-state index contributed by atoms with van der Waals surface area (Å²) in [5.41, 5.74) is 10.3. The zero-order chi connectivity index (χ0) is 25.7. The number of hydrogen-bond donors (Lipinski definition) is 2. The van der Waals surface area contributed by atoms with E-state index >= 15 is 0 Å². The molecular formula is C26H17ClN6O4. The Kier molecular flexibility index (Phi) is 5.28. The highest BCUT2D eigenvalue weighted by molar-refractivity contribution is 6.34. The Bertz CT molecular complexity index is 1670. The van der Waals surface area contributed by atoms with E-state index in [0.29, 0.717) is 41.4 Å². The van der Waals surface area contributed by atoms with Crippen LogP contribution in [0.3, 0.4) is 0 Å². The van der Waals surface area contributed by atoms with E-state index in [4.69, 9.17) is 32.1 Å². The molecule has 2 aromatic heterocycles. The number of amides is 2. The molecule has 182 valence electrons. The second-order valence-corrected chi connectivity index (χ2v) is 8.86. The summed E-state index contributed by atoms with van der Waals surface area (Å²) in [5.74, 6) is 0.0170. The maximum atomic E-state index is 12.9. The number of nitrogens with two attached hydrogens (primary N) is 1. The molecule has 3 N–H and O–H groups in total. The second kappa shape index (κ2) is 8.65. The highest BCUT2D eigenvalue weighted by Gasteiger charge is 2.29. The van der Waals surface area contributed by atoms with Crippen molar-refractivity contribution >= 4 is 29.1 Å². The Morgan fingerprint density at radius 1 is 1.05 bits per heavy atom. The van der Waals surface area contributed by atoms with Crippen LogP contribution in [0.4, 0.5) is 5.69 Å². The smallest absolute Gasteiger partial charge is 0.275 e. The Labute approximate surface area is 215 Å². The van der Waals surface area contributed by atoms with Crippen LogP contribution in [0.2, 0.25) is 5.02 Å². The van der Waals surface area contributed by atoms with Gasteiger partial charge in [0.1, 0.15) is 17.5 Å². The molecule has 6 rings (SSSR count). The first kappa shape index (κ1) is 22.6. The second-order valence-electron chi connectivity index (χ2n) is 8.45. The number of aromatic nitrogens is 3. The molecule has 11 heteroatoms. The third-order valence-electron chi connectivity index (χ3n) is 6.26. The number of primary amides is 1. The summed E-state index contributed by atoms with van der Waals surface area (Å²) in [7, 11) is 0. The lowest BCUT2D eigenvalue weighted by molar-refractivity contribution is 0.0991. The summed E-state index contributed by atoms with van der Waals surface area (Å²) < 4.78 is 12.6. The van der Waals surface area contributed by atoms with Crippen LogP contribution in [-0.2, 0) is 12.8 Å². The van der Waals surface area contributed by atoms with Crippen LogP contribution >= 0.6 is 11.6 Å². The fourth-order valence-corrected chi connectivity index (χ4v) is 4.76. The highest BCUT2D eigenvalue weighted by Crippen LogP contribution is 2.40. The number of anilines is 1. The number of ether oxygens (including phenoxy) is 2. The molecule has 0 atom stereocenters. The van der Waals surface area contributed by atoms with Crippen LogP contribution in [-0.4, -0.2) is 33.4 Å². The molecule has 2 aliphatic rings. The van der Waals surface area contributed by atoms with Gasteiger partial charge in [-0.2, -0.15) is 10.4 Å². The number of nitrogens with zero attached hydrogens (tertiary/aromatic N) is 4. The van der Waals surface area contributed by atoms with Gasteiger partial charge in [0, 0.05) is 22.9 Å². The minimum Gasteiger partial charge on any atom is -0.454 e. The number of benzene rings is 2. The molecule has 3 heterocycles. The molecule has 0 fully saturated rings. The Morgan fingerprint density at radius 3 is 2.70 bits per heavy atom. The average Bonchev–Trinajstić information content (AvgIpc) is 3.53. The fraction of sp³-hybridized carbons (Fsp3) is 0.115. The molecular weight excluding hydrogens is 496 g/mol. The first-order valence-electron chi connectivity index (χ1n) is 11.3. The number of aryl methyl sites for hydroxylation is 1. The molecule has 0 saturated heterocycles. The Morgan fingerprint density at radius 2 is 1.89 bits per heavy atom. The molecule has 0 saturated carbocycles. The SMILES string of the molecule is N#Cc1ccc(Cl)c(C(=O)Nc2ccc3c(c2)-c2c(c(C(N)=O)nn2-c2ccc4c(c2)OCO4)CC3)n1. The number of pyridine rings is 1. The highest BCUT2D eigenvalue weighted by atomic mass is 35.5. The summed E-state index contributed by atoms with van der Waals surface area (Å²) in [6.45, 7) is 0.130. The van der Waals surface area contributed by atoms with Crippen molar-refractivity contribution < 1.29 is 19.1 Å². The first-order chi connectivity index (χ1) is 17.9. The maximum Gasteiger partial charge on any atom is 0.275 e. The lowest BCUT2D eigenvalue weighted by atomic mass is 9.88. The van der Waals surface area contributed by atoms with Gasteiger partial charge in [0.15, 0.2) is 17.2 Å². The molecule has 37 heavy (non-hydrogen) atoms. The van der Waals surface area contributed by atoms with Crippen molar-refractivity contribution in [3.05, 3.63) is 81.8 Å². The van der Waals surface area contributed by atoms with E-state index < -0.39 is 11.8 Å². The normalized spacial score (nSPS) is 12.9. The van der Waals surface area contributed by atoms with Crippen LogP contribution in [0.25, 0.3) is 16.9 Å². The van der Waals surface area contributed by atoms with E-state index in [1.165, 1.54) is 12.1 Å². The lowest BCUT2D eigenvalue weighted by Crippen LogP contribution is -2.16. The van der Waals surface area contributed by atoms with E-state index in [2.05, 4.69) is 15.4 Å². The molecule has 10 nitrogen and oxygen atoms in total. The Hall–Kier alpha value is -4.88. The van der Waals surface area contributed by atoms with Crippen molar-refractivity contribution in [1.82, 2.24) is 14.8 Å². The molecule has 0 bridgehead atoms. The van der Waals surface area contributed by atoms with Gasteiger partial charge < -0.3 is 20.5 Å². The number of rotatable bonds is 4. The third-order valence-corrected chi connectivity index (χ3v) is 6.57. The van der Waals surface area contributed by atoms with Gasteiger partial charge in [-0.3, -0.25) is 9.59 Å². The van der Waals surface area contributed by atoms with Crippen molar-refractivity contribution in [2.24, 2.45) is 5.73 Å². The first-order valence-corrected chi connectivity index (χ1v) is 11.6. The quantitative estimate of drug-likeness (QED) is 0.424. The van der Waals surface area contributed by atoms with Gasteiger partial charge >= 0.3 is 0 Å². The zero-order valence-corrected chi connectivity index (χ0v) is 19.9. The summed E-state index contributed by atoms with van der Waals surface area (Å²) in [6.07, 6.45) is 1.25. The van der Waals surface area contributed by atoms with E-state index in [1.807, 2.05) is 24.3 Å². The van der Waals surface area contributed by atoms with Crippen LogP contribution in [0, 0.1) is 11.3 Å². The van der Waals surface area contributed by atoms with Crippen molar-refractivity contribution in [3.63, 3.8) is 0 Å². The number of nitrogens with one attached hydrogen (secondary N) is 1. The van der Waals surface area contributed by atoms with E-state index in [9.17, 15) is 9.59 Å². The average molecular weight is 513 g/mol. The minimum absolute atomic E-state index is 0.0551. The van der Waals surface area contributed by atoms with Crippen molar-refractivity contribution in [2.45, 2.75) is 12.8 Å². The van der Waals surface area contributed by atoms with Gasteiger partial charge in [0.25, 0.3) is 11.8 Å². The van der Waals surface area contributed by atoms with Gasteiger partial charge in [-0.25, -0.2) is 9.67 Å². The predicted octanol–water partition coefficient (Wildman–Crippen LogP) is 3.64.